The number of hydrogen-bond acceptors (Lipinski definition) is 4. The molecule has 33 heavy (non-hydrogen) atoms. The Morgan fingerprint density at radius 2 is 1.64 bits per heavy atom. The minimum atomic E-state index is -0.926. The predicted octanol–water partition coefficient (Wildman–Crippen LogP) is 4.26. The van der Waals surface area contributed by atoms with Crippen molar-refractivity contribution >= 4 is 18.0 Å². The Kier molecular flexibility index (Phi) is 8.46. The summed E-state index contributed by atoms with van der Waals surface area (Å²) in [6.45, 7) is 5.02. The highest BCUT2D eigenvalue weighted by molar-refractivity contribution is 5.79. The van der Waals surface area contributed by atoms with Crippen LogP contribution in [-0.4, -0.2) is 54.2 Å². The van der Waals surface area contributed by atoms with Crippen LogP contribution < -0.4 is 5.32 Å². The van der Waals surface area contributed by atoms with Crippen LogP contribution in [0.4, 0.5) is 4.79 Å². The number of carboxylic acids is 1. The van der Waals surface area contributed by atoms with Gasteiger partial charge in [0.1, 0.15) is 6.61 Å². The molecular weight excluding hydrogens is 420 g/mol. The number of carbonyl (C=O) groups excluding carboxylic acids is 2. The van der Waals surface area contributed by atoms with Crippen molar-refractivity contribution in [2.24, 2.45) is 5.92 Å². The van der Waals surface area contributed by atoms with Crippen LogP contribution in [0, 0.1) is 5.92 Å². The van der Waals surface area contributed by atoms with Gasteiger partial charge in [-0.25, -0.2) is 4.79 Å². The number of nitrogens with one attached hydrogen (secondary N) is 1. The zero-order valence-corrected chi connectivity index (χ0v) is 19.3. The van der Waals surface area contributed by atoms with Crippen molar-refractivity contribution in [2.45, 2.75) is 39.0 Å². The first kappa shape index (κ1) is 24.3. The molecule has 2 N–H and O–H groups in total. The molecule has 0 aromatic heterocycles. The van der Waals surface area contributed by atoms with Gasteiger partial charge < -0.3 is 20.1 Å². The smallest absolute Gasteiger partial charge is 0.407 e. The van der Waals surface area contributed by atoms with Gasteiger partial charge in [-0.05, 0) is 35.1 Å². The monoisotopic (exact) mass is 452 g/mol. The second-order valence-corrected chi connectivity index (χ2v) is 8.30. The molecule has 0 saturated carbocycles. The van der Waals surface area contributed by atoms with Crippen LogP contribution in [-0.2, 0) is 14.3 Å². The lowest BCUT2D eigenvalue weighted by atomic mass is 9.98. The van der Waals surface area contributed by atoms with E-state index < -0.39 is 12.1 Å². The number of fused-ring (bicyclic) bond motifs is 3. The van der Waals surface area contributed by atoms with Gasteiger partial charge in [0.2, 0.25) is 5.91 Å². The molecule has 0 fully saturated rings. The highest BCUT2D eigenvalue weighted by Crippen LogP contribution is 2.44. The molecule has 1 aliphatic carbocycles. The number of aliphatic carboxylic acids is 1. The standard InChI is InChI=1S/C26H32N2O5/c1-3-18(15-24(29)28(4-2)14-13-25(30)31)16-27-26(32)33-17-23-21-11-7-5-9-19(21)20-10-6-8-12-22(20)23/h5-12,18,23H,3-4,13-17H2,1-2H3,(H,27,32)(H,30,31). The lowest BCUT2D eigenvalue weighted by Crippen LogP contribution is -2.37. The molecule has 7 nitrogen and oxygen atoms in total. The zero-order chi connectivity index (χ0) is 23.8. The molecule has 3 rings (SSSR count). The topological polar surface area (TPSA) is 95.9 Å². The third-order valence-corrected chi connectivity index (χ3v) is 6.25. The summed E-state index contributed by atoms with van der Waals surface area (Å²) in [7, 11) is 0. The van der Waals surface area contributed by atoms with E-state index in [4.69, 9.17) is 9.84 Å². The van der Waals surface area contributed by atoms with Gasteiger partial charge in [-0.15, -0.1) is 0 Å². The first-order chi connectivity index (χ1) is 15.9. The quantitative estimate of drug-likeness (QED) is 0.531. The van der Waals surface area contributed by atoms with Gasteiger partial charge in [0.25, 0.3) is 0 Å². The summed E-state index contributed by atoms with van der Waals surface area (Å²) in [6.07, 6.45) is 0.398. The molecule has 1 atom stereocenters. The highest BCUT2D eigenvalue weighted by atomic mass is 16.5. The maximum Gasteiger partial charge on any atom is 0.407 e. The Balaban J connectivity index is 1.51. The second-order valence-electron chi connectivity index (χ2n) is 8.30. The van der Waals surface area contributed by atoms with Crippen LogP contribution in [0.1, 0.15) is 50.2 Å². The highest BCUT2D eigenvalue weighted by Gasteiger charge is 2.29. The summed E-state index contributed by atoms with van der Waals surface area (Å²) in [4.78, 5) is 37.3. The average molecular weight is 453 g/mol. The fourth-order valence-corrected chi connectivity index (χ4v) is 4.30. The molecule has 2 aromatic carbocycles. The number of benzene rings is 2. The van der Waals surface area contributed by atoms with Crippen molar-refractivity contribution in [3.63, 3.8) is 0 Å². The summed E-state index contributed by atoms with van der Waals surface area (Å²) in [5.74, 6) is -1.07. The minimum Gasteiger partial charge on any atom is -0.481 e. The van der Waals surface area contributed by atoms with Gasteiger partial charge in [-0.2, -0.15) is 0 Å². The van der Waals surface area contributed by atoms with Crippen molar-refractivity contribution in [1.29, 1.82) is 0 Å². The van der Waals surface area contributed by atoms with Crippen LogP contribution in [0.2, 0.25) is 0 Å². The molecule has 0 saturated heterocycles. The van der Waals surface area contributed by atoms with Gasteiger partial charge in [-0.3, -0.25) is 9.59 Å². The lowest BCUT2D eigenvalue weighted by Gasteiger charge is -2.23. The van der Waals surface area contributed by atoms with Gasteiger partial charge in [-0.1, -0.05) is 61.9 Å². The minimum absolute atomic E-state index is 0.000882. The van der Waals surface area contributed by atoms with E-state index in [0.717, 1.165) is 11.1 Å². The molecule has 2 aromatic rings. The number of hydrogen-bond donors (Lipinski definition) is 2. The van der Waals surface area contributed by atoms with E-state index >= 15 is 0 Å². The number of carbonyl (C=O) groups is 3. The van der Waals surface area contributed by atoms with E-state index in [2.05, 4.69) is 29.6 Å². The van der Waals surface area contributed by atoms with Crippen LogP contribution in [0.15, 0.2) is 48.5 Å². The molecule has 7 heteroatoms. The summed E-state index contributed by atoms with van der Waals surface area (Å²) < 4.78 is 5.56. The number of carboxylic acid groups (broad SMARTS) is 1. The first-order valence-corrected chi connectivity index (χ1v) is 11.5. The van der Waals surface area contributed by atoms with Gasteiger partial charge in [0.05, 0.1) is 6.42 Å². The number of rotatable bonds is 11. The Labute approximate surface area is 194 Å². The Morgan fingerprint density at radius 1 is 1.03 bits per heavy atom. The SMILES string of the molecule is CCC(CNC(=O)OCC1c2ccccc2-c2ccccc21)CC(=O)N(CC)CCC(=O)O. The molecule has 176 valence electrons. The van der Waals surface area contributed by atoms with Gasteiger partial charge >= 0.3 is 12.1 Å². The maximum absolute atomic E-state index is 12.5. The van der Waals surface area contributed by atoms with Crippen molar-refractivity contribution in [1.82, 2.24) is 10.2 Å². The van der Waals surface area contributed by atoms with E-state index in [0.29, 0.717) is 19.5 Å². The maximum atomic E-state index is 12.5. The largest absolute Gasteiger partial charge is 0.481 e. The van der Waals surface area contributed by atoms with Crippen LogP contribution in [0.3, 0.4) is 0 Å². The summed E-state index contributed by atoms with van der Waals surface area (Å²) >= 11 is 0. The van der Waals surface area contributed by atoms with E-state index in [9.17, 15) is 14.4 Å². The molecule has 1 unspecified atom stereocenters. The van der Waals surface area contributed by atoms with Crippen LogP contribution in [0.25, 0.3) is 11.1 Å². The van der Waals surface area contributed by atoms with Gasteiger partial charge in [0, 0.05) is 32.0 Å². The third kappa shape index (κ3) is 6.12. The van der Waals surface area contributed by atoms with Crippen LogP contribution >= 0.6 is 0 Å². The first-order valence-electron chi connectivity index (χ1n) is 11.5. The molecule has 0 radical (unpaired) electrons. The number of ether oxygens (including phenoxy) is 1. The van der Waals surface area contributed by atoms with Crippen molar-refractivity contribution in [3.05, 3.63) is 59.7 Å². The van der Waals surface area contributed by atoms with Crippen LogP contribution in [0.5, 0.6) is 0 Å². The van der Waals surface area contributed by atoms with Crippen molar-refractivity contribution in [3.8, 4) is 11.1 Å². The summed E-state index contributed by atoms with van der Waals surface area (Å²) in [5, 5.41) is 11.6. The van der Waals surface area contributed by atoms with E-state index in [1.165, 1.54) is 11.1 Å². The van der Waals surface area contributed by atoms with Crippen molar-refractivity contribution in [2.75, 3.05) is 26.2 Å². The predicted molar refractivity (Wildman–Crippen MR) is 126 cm³/mol. The molecule has 0 heterocycles. The average Bonchev–Trinajstić information content (AvgIpc) is 3.14. The number of alkyl carbamates (subject to hydrolysis) is 1. The second kappa shape index (κ2) is 11.5. The molecule has 0 bridgehead atoms. The Bertz CT molecular complexity index is 945. The third-order valence-electron chi connectivity index (χ3n) is 6.25. The molecule has 1 aliphatic rings. The fourth-order valence-electron chi connectivity index (χ4n) is 4.30. The summed E-state index contributed by atoms with van der Waals surface area (Å²) in [5.41, 5.74) is 4.67. The Hall–Kier alpha value is -3.35. The Morgan fingerprint density at radius 3 is 2.18 bits per heavy atom. The van der Waals surface area contributed by atoms with E-state index in [1.54, 1.807) is 4.90 Å². The number of amides is 2. The molecular formula is C26H32N2O5. The normalized spacial score (nSPS) is 13.0. The molecule has 0 aliphatic heterocycles. The van der Waals surface area contributed by atoms with E-state index in [-0.39, 0.29) is 43.7 Å². The van der Waals surface area contributed by atoms with Crippen molar-refractivity contribution < 1.29 is 24.2 Å². The fraction of sp³-hybridized carbons (Fsp3) is 0.423. The van der Waals surface area contributed by atoms with E-state index in [1.807, 2.05) is 38.1 Å². The lowest BCUT2D eigenvalue weighted by molar-refractivity contribution is -0.138. The zero-order valence-electron chi connectivity index (χ0n) is 19.3. The summed E-state index contributed by atoms with van der Waals surface area (Å²) in [6, 6.07) is 16.3. The molecule has 0 spiro atoms. The molecule has 2 amide bonds. The number of nitrogens with zero attached hydrogens (tertiary/aromatic N) is 1. The van der Waals surface area contributed by atoms with Gasteiger partial charge in [0.15, 0.2) is 0 Å².